The van der Waals surface area contributed by atoms with Gasteiger partial charge in [0.25, 0.3) is 0 Å². The maximum Gasteiger partial charge on any atom is 0.194 e. The number of rotatable bonds is 6. The fourth-order valence-corrected chi connectivity index (χ4v) is 4.03. The molecule has 0 amide bonds. The van der Waals surface area contributed by atoms with E-state index in [1.807, 2.05) is 0 Å². The minimum Gasteiger partial charge on any atom is -0.376 e. The molecule has 0 aromatic carbocycles. The fourth-order valence-electron chi connectivity index (χ4n) is 3.40. The topological polar surface area (TPSA) is 46.1 Å². The zero-order chi connectivity index (χ0) is 17.3. The zero-order valence-corrected chi connectivity index (χ0v) is 16.1. The van der Waals surface area contributed by atoms with Gasteiger partial charge in [-0.2, -0.15) is 0 Å². The quantitative estimate of drug-likeness (QED) is 0.621. The summed E-state index contributed by atoms with van der Waals surface area (Å²) in [7, 11) is 0. The summed E-state index contributed by atoms with van der Waals surface area (Å²) in [6.45, 7) is 7.46. The molecule has 1 atom stereocenters. The van der Waals surface area contributed by atoms with Crippen LogP contribution in [-0.4, -0.2) is 55.9 Å². The number of piperidine rings is 1. The molecule has 3 heterocycles. The van der Waals surface area contributed by atoms with Crippen LogP contribution in [0.5, 0.6) is 0 Å². The summed E-state index contributed by atoms with van der Waals surface area (Å²) in [5, 5.41) is 5.54. The van der Waals surface area contributed by atoms with E-state index in [9.17, 15) is 0 Å². The lowest BCUT2D eigenvalue weighted by Crippen LogP contribution is -2.47. The third-order valence-corrected chi connectivity index (χ3v) is 5.69. The van der Waals surface area contributed by atoms with E-state index in [0.29, 0.717) is 12.2 Å². The van der Waals surface area contributed by atoms with Crippen molar-refractivity contribution >= 4 is 17.3 Å². The standard InChI is InChI=1S/C19H31N3O2S/c1-2-20-19(21-14-18-7-5-13-25-18)22-10-8-16(9-11-22)24-15-17-6-3-4-12-23-17/h5,7,13,16-17H,2-4,6,8-12,14-15H2,1H3,(H,20,21). The van der Waals surface area contributed by atoms with Crippen LogP contribution >= 0.6 is 11.3 Å². The van der Waals surface area contributed by atoms with Crippen LogP contribution in [0.3, 0.4) is 0 Å². The monoisotopic (exact) mass is 365 g/mol. The van der Waals surface area contributed by atoms with Crippen LogP contribution in [0.15, 0.2) is 22.5 Å². The highest BCUT2D eigenvalue weighted by Crippen LogP contribution is 2.18. The minimum absolute atomic E-state index is 0.316. The van der Waals surface area contributed by atoms with Gasteiger partial charge in [0.1, 0.15) is 0 Å². The van der Waals surface area contributed by atoms with Crippen LogP contribution in [0.4, 0.5) is 0 Å². The van der Waals surface area contributed by atoms with Gasteiger partial charge in [0.05, 0.1) is 25.4 Å². The van der Waals surface area contributed by atoms with Crippen molar-refractivity contribution in [2.45, 2.75) is 57.8 Å². The second-order valence-corrected chi connectivity index (χ2v) is 7.79. The summed E-state index contributed by atoms with van der Waals surface area (Å²) in [6.07, 6.45) is 6.44. The van der Waals surface area contributed by atoms with Gasteiger partial charge in [0, 0.05) is 31.1 Å². The molecule has 6 heteroatoms. The van der Waals surface area contributed by atoms with E-state index in [-0.39, 0.29) is 0 Å². The van der Waals surface area contributed by atoms with Crippen LogP contribution in [0.1, 0.15) is 43.9 Å². The number of hydrogen-bond acceptors (Lipinski definition) is 4. The molecular weight excluding hydrogens is 334 g/mol. The first-order valence-electron chi connectivity index (χ1n) is 9.64. The van der Waals surface area contributed by atoms with E-state index < -0.39 is 0 Å². The van der Waals surface area contributed by atoms with Gasteiger partial charge in [0.2, 0.25) is 0 Å². The highest BCUT2D eigenvalue weighted by molar-refractivity contribution is 7.09. The van der Waals surface area contributed by atoms with Crippen molar-refractivity contribution in [1.82, 2.24) is 10.2 Å². The second-order valence-electron chi connectivity index (χ2n) is 6.76. The van der Waals surface area contributed by atoms with Crippen molar-refractivity contribution < 1.29 is 9.47 Å². The lowest BCUT2D eigenvalue weighted by Gasteiger charge is -2.35. The third kappa shape index (κ3) is 5.97. The lowest BCUT2D eigenvalue weighted by molar-refractivity contribution is -0.0721. The number of likely N-dealkylation sites (tertiary alicyclic amines) is 1. The first-order valence-corrected chi connectivity index (χ1v) is 10.5. The summed E-state index contributed by atoms with van der Waals surface area (Å²) >= 11 is 1.76. The molecule has 2 saturated heterocycles. The average Bonchev–Trinajstić information content (AvgIpc) is 3.18. The Hall–Kier alpha value is -1.11. The Balaban J connectivity index is 1.43. The average molecular weight is 366 g/mol. The molecule has 3 rings (SSSR count). The molecule has 25 heavy (non-hydrogen) atoms. The van der Waals surface area contributed by atoms with E-state index >= 15 is 0 Å². The summed E-state index contributed by atoms with van der Waals surface area (Å²) < 4.78 is 11.9. The fraction of sp³-hybridized carbons (Fsp3) is 0.737. The second kappa shape index (κ2) is 10.1. The maximum absolute atomic E-state index is 6.12. The van der Waals surface area contributed by atoms with Crippen LogP contribution in [0.2, 0.25) is 0 Å². The Morgan fingerprint density at radius 1 is 1.36 bits per heavy atom. The summed E-state index contributed by atoms with van der Waals surface area (Å²) in [5.41, 5.74) is 0. The molecule has 140 valence electrons. The lowest BCUT2D eigenvalue weighted by atomic mass is 10.1. The Labute approximate surface area is 155 Å². The molecule has 0 bridgehead atoms. The number of hydrogen-bond donors (Lipinski definition) is 1. The smallest absolute Gasteiger partial charge is 0.194 e. The van der Waals surface area contributed by atoms with E-state index in [1.165, 1.54) is 17.7 Å². The molecule has 0 saturated carbocycles. The number of aliphatic imine (C=N–C) groups is 1. The molecule has 1 unspecified atom stereocenters. The Morgan fingerprint density at radius 3 is 2.92 bits per heavy atom. The molecule has 0 spiro atoms. The third-order valence-electron chi connectivity index (χ3n) is 4.83. The molecule has 5 nitrogen and oxygen atoms in total. The Bertz CT molecular complexity index is 507. The van der Waals surface area contributed by atoms with Gasteiger partial charge in [-0.15, -0.1) is 11.3 Å². The number of ether oxygens (including phenoxy) is 2. The van der Waals surface area contributed by atoms with Crippen molar-refractivity contribution in [3.63, 3.8) is 0 Å². The van der Waals surface area contributed by atoms with Gasteiger partial charge in [-0.1, -0.05) is 6.07 Å². The highest BCUT2D eigenvalue weighted by Gasteiger charge is 2.23. The summed E-state index contributed by atoms with van der Waals surface area (Å²) in [5.74, 6) is 1.03. The number of nitrogens with one attached hydrogen (secondary N) is 1. The summed E-state index contributed by atoms with van der Waals surface area (Å²) in [4.78, 5) is 8.48. The number of guanidine groups is 1. The Morgan fingerprint density at radius 2 is 2.24 bits per heavy atom. The van der Waals surface area contributed by atoms with E-state index in [0.717, 1.165) is 64.6 Å². The molecule has 2 fully saturated rings. The van der Waals surface area contributed by atoms with Crippen LogP contribution in [0, 0.1) is 0 Å². The molecule has 1 aromatic heterocycles. The SMILES string of the molecule is CCNC(=NCc1cccs1)N1CCC(OCC2CCCCO2)CC1. The van der Waals surface area contributed by atoms with Crippen molar-refractivity contribution in [2.24, 2.45) is 4.99 Å². The molecule has 2 aliphatic heterocycles. The normalized spacial score (nSPS) is 23.0. The molecule has 1 aromatic rings. The van der Waals surface area contributed by atoms with Gasteiger partial charge in [-0.25, -0.2) is 4.99 Å². The molecule has 1 N–H and O–H groups in total. The minimum atomic E-state index is 0.316. The van der Waals surface area contributed by atoms with Gasteiger partial charge in [0.15, 0.2) is 5.96 Å². The zero-order valence-electron chi connectivity index (χ0n) is 15.3. The maximum atomic E-state index is 6.12. The van der Waals surface area contributed by atoms with Gasteiger partial charge >= 0.3 is 0 Å². The summed E-state index contributed by atoms with van der Waals surface area (Å²) in [6, 6.07) is 4.23. The van der Waals surface area contributed by atoms with Crippen molar-refractivity contribution in [3.8, 4) is 0 Å². The van der Waals surface area contributed by atoms with E-state index in [1.54, 1.807) is 11.3 Å². The van der Waals surface area contributed by atoms with Gasteiger partial charge in [-0.05, 0) is 50.5 Å². The predicted octanol–water partition coefficient (Wildman–Crippen LogP) is 3.26. The molecule has 2 aliphatic rings. The number of nitrogens with zero attached hydrogens (tertiary/aromatic N) is 2. The molecule has 0 aliphatic carbocycles. The number of thiophene rings is 1. The first kappa shape index (κ1) is 18.7. The van der Waals surface area contributed by atoms with Crippen molar-refractivity contribution in [2.75, 3.05) is 32.8 Å². The van der Waals surface area contributed by atoms with Gasteiger partial charge < -0.3 is 19.7 Å². The largest absolute Gasteiger partial charge is 0.376 e. The van der Waals surface area contributed by atoms with E-state index in [2.05, 4.69) is 34.7 Å². The van der Waals surface area contributed by atoms with Crippen molar-refractivity contribution in [3.05, 3.63) is 22.4 Å². The molecule has 0 radical (unpaired) electrons. The van der Waals surface area contributed by atoms with Gasteiger partial charge in [-0.3, -0.25) is 0 Å². The molecular formula is C19H31N3O2S. The van der Waals surface area contributed by atoms with Crippen LogP contribution < -0.4 is 5.32 Å². The Kier molecular flexibility index (Phi) is 7.57. The first-order chi connectivity index (χ1) is 12.3. The highest BCUT2D eigenvalue weighted by atomic mass is 32.1. The predicted molar refractivity (Wildman–Crippen MR) is 103 cm³/mol. The van der Waals surface area contributed by atoms with Crippen LogP contribution in [0.25, 0.3) is 0 Å². The van der Waals surface area contributed by atoms with E-state index in [4.69, 9.17) is 14.5 Å². The van der Waals surface area contributed by atoms with Crippen LogP contribution in [-0.2, 0) is 16.0 Å². The van der Waals surface area contributed by atoms with Crippen molar-refractivity contribution in [1.29, 1.82) is 0 Å².